The lowest BCUT2D eigenvalue weighted by Crippen LogP contribution is -2.35. The van der Waals surface area contributed by atoms with E-state index in [0.717, 1.165) is 23.5 Å². The van der Waals surface area contributed by atoms with E-state index < -0.39 is 0 Å². The summed E-state index contributed by atoms with van der Waals surface area (Å²) in [5.74, 6) is 0.574. The number of likely N-dealkylation sites (N-methyl/N-ethyl adjacent to an activating group) is 1. The van der Waals surface area contributed by atoms with Gasteiger partial charge in [0.05, 0.1) is 18.2 Å². The Balaban J connectivity index is 2.01. The molecule has 0 radical (unpaired) electrons. The van der Waals surface area contributed by atoms with Gasteiger partial charge in [0, 0.05) is 24.3 Å². The second-order valence-corrected chi connectivity index (χ2v) is 7.60. The number of nitrogens with zero attached hydrogens (tertiary/aromatic N) is 3. The van der Waals surface area contributed by atoms with Crippen LogP contribution in [-0.2, 0) is 17.8 Å². The number of benzene rings is 1. The summed E-state index contributed by atoms with van der Waals surface area (Å²) in [6, 6.07) is 10.4. The van der Waals surface area contributed by atoms with Crippen molar-refractivity contribution in [1.29, 1.82) is 0 Å². The molecule has 0 aliphatic heterocycles. The van der Waals surface area contributed by atoms with Crippen molar-refractivity contribution in [2.75, 3.05) is 20.6 Å². The van der Waals surface area contributed by atoms with Crippen molar-refractivity contribution in [1.82, 2.24) is 20.0 Å². The highest BCUT2D eigenvalue weighted by atomic mass is 16.1. The lowest BCUT2D eigenvalue weighted by Gasteiger charge is -2.25. The molecule has 26 heavy (non-hydrogen) atoms. The molecule has 0 saturated carbocycles. The fraction of sp³-hybridized carbons (Fsp3) is 0.524. The first-order valence-electron chi connectivity index (χ1n) is 9.30. The first-order chi connectivity index (χ1) is 12.3. The second-order valence-electron chi connectivity index (χ2n) is 7.60. The van der Waals surface area contributed by atoms with Crippen molar-refractivity contribution in [3.05, 3.63) is 52.8 Å². The molecule has 1 aromatic carbocycles. The summed E-state index contributed by atoms with van der Waals surface area (Å²) in [5, 5.41) is 7.70. The largest absolute Gasteiger partial charge is 0.354 e. The maximum absolute atomic E-state index is 12.5. The van der Waals surface area contributed by atoms with E-state index in [2.05, 4.69) is 48.2 Å². The highest BCUT2D eigenvalue weighted by Crippen LogP contribution is 2.18. The number of hydrogen-bond acceptors (Lipinski definition) is 3. The van der Waals surface area contributed by atoms with Crippen LogP contribution >= 0.6 is 0 Å². The molecular weight excluding hydrogens is 324 g/mol. The lowest BCUT2D eigenvalue weighted by molar-refractivity contribution is -0.120. The summed E-state index contributed by atoms with van der Waals surface area (Å²) in [6.45, 7) is 9.86. The van der Waals surface area contributed by atoms with Crippen LogP contribution in [0.25, 0.3) is 0 Å². The molecule has 1 unspecified atom stereocenters. The minimum atomic E-state index is 0.0445. The van der Waals surface area contributed by atoms with E-state index in [4.69, 9.17) is 0 Å². The molecule has 0 bridgehead atoms. The molecule has 1 amide bonds. The van der Waals surface area contributed by atoms with Gasteiger partial charge in [0.2, 0.25) is 5.91 Å². The molecule has 1 heterocycles. The zero-order chi connectivity index (χ0) is 19.3. The smallest absolute Gasteiger partial charge is 0.224 e. The van der Waals surface area contributed by atoms with Gasteiger partial charge >= 0.3 is 0 Å². The minimum absolute atomic E-state index is 0.0445. The van der Waals surface area contributed by atoms with Crippen molar-refractivity contribution in [2.24, 2.45) is 5.92 Å². The molecule has 0 aliphatic rings. The summed E-state index contributed by atoms with van der Waals surface area (Å²) >= 11 is 0. The van der Waals surface area contributed by atoms with Crippen LogP contribution in [0.15, 0.2) is 30.3 Å². The number of aryl methyl sites for hydroxylation is 1. The van der Waals surface area contributed by atoms with E-state index in [1.807, 2.05) is 43.9 Å². The normalized spacial score (nSPS) is 12.6. The van der Waals surface area contributed by atoms with Crippen LogP contribution < -0.4 is 5.32 Å². The number of nitrogens with one attached hydrogen (secondary N) is 1. The molecule has 1 N–H and O–H groups in total. The maximum atomic E-state index is 12.5. The lowest BCUT2D eigenvalue weighted by atomic mass is 10.1. The Labute approximate surface area is 157 Å². The number of aromatic nitrogens is 2. The van der Waals surface area contributed by atoms with Crippen molar-refractivity contribution in [3.8, 4) is 0 Å². The maximum Gasteiger partial charge on any atom is 0.224 e. The molecule has 0 fully saturated rings. The predicted molar refractivity (Wildman–Crippen MR) is 106 cm³/mol. The molecule has 0 spiro atoms. The van der Waals surface area contributed by atoms with E-state index in [-0.39, 0.29) is 11.9 Å². The molecule has 0 saturated heterocycles. The van der Waals surface area contributed by atoms with E-state index in [0.29, 0.717) is 18.9 Å². The predicted octanol–water partition coefficient (Wildman–Crippen LogP) is 3.12. The van der Waals surface area contributed by atoms with E-state index in [1.54, 1.807) is 0 Å². The van der Waals surface area contributed by atoms with Gasteiger partial charge in [-0.3, -0.25) is 9.48 Å². The van der Waals surface area contributed by atoms with Gasteiger partial charge in [-0.2, -0.15) is 5.10 Å². The highest BCUT2D eigenvalue weighted by Gasteiger charge is 2.18. The molecule has 5 heteroatoms. The summed E-state index contributed by atoms with van der Waals surface area (Å²) in [7, 11) is 4.07. The Morgan fingerprint density at radius 2 is 1.85 bits per heavy atom. The summed E-state index contributed by atoms with van der Waals surface area (Å²) in [5.41, 5.74) is 4.29. The van der Waals surface area contributed by atoms with Crippen LogP contribution in [0.4, 0.5) is 0 Å². The van der Waals surface area contributed by atoms with Gasteiger partial charge in [-0.05, 0) is 39.4 Å². The quantitative estimate of drug-likeness (QED) is 0.791. The van der Waals surface area contributed by atoms with Crippen molar-refractivity contribution in [2.45, 2.75) is 46.7 Å². The van der Waals surface area contributed by atoms with Crippen LogP contribution in [0.5, 0.6) is 0 Å². The third-order valence-electron chi connectivity index (χ3n) is 4.71. The number of rotatable bonds is 8. The Morgan fingerprint density at radius 1 is 1.19 bits per heavy atom. The summed E-state index contributed by atoms with van der Waals surface area (Å²) < 4.78 is 2.02. The van der Waals surface area contributed by atoms with Gasteiger partial charge < -0.3 is 10.2 Å². The molecule has 5 nitrogen and oxygen atoms in total. The monoisotopic (exact) mass is 356 g/mol. The van der Waals surface area contributed by atoms with Gasteiger partial charge in [0.1, 0.15) is 0 Å². The van der Waals surface area contributed by atoms with Gasteiger partial charge in [-0.15, -0.1) is 0 Å². The van der Waals surface area contributed by atoms with Crippen molar-refractivity contribution < 1.29 is 4.79 Å². The fourth-order valence-electron chi connectivity index (χ4n) is 3.22. The fourth-order valence-corrected chi connectivity index (χ4v) is 3.22. The highest BCUT2D eigenvalue weighted by molar-refractivity contribution is 5.79. The average molecular weight is 357 g/mol. The first-order valence-corrected chi connectivity index (χ1v) is 9.30. The average Bonchev–Trinajstić information content (AvgIpc) is 2.82. The Morgan fingerprint density at radius 3 is 2.42 bits per heavy atom. The van der Waals surface area contributed by atoms with Crippen LogP contribution in [0.1, 0.15) is 42.4 Å². The number of carbonyl (C=O) groups excluding carboxylic acids is 1. The Kier molecular flexibility index (Phi) is 6.98. The summed E-state index contributed by atoms with van der Waals surface area (Å²) in [6.07, 6.45) is 0.380. The minimum Gasteiger partial charge on any atom is -0.354 e. The van der Waals surface area contributed by atoms with Crippen LogP contribution in [0, 0.1) is 19.8 Å². The zero-order valence-electron chi connectivity index (χ0n) is 16.9. The topological polar surface area (TPSA) is 50.2 Å². The van der Waals surface area contributed by atoms with E-state index in [1.165, 1.54) is 5.56 Å². The Bertz CT molecular complexity index is 719. The Hall–Kier alpha value is -2.14. The third kappa shape index (κ3) is 5.18. The van der Waals surface area contributed by atoms with E-state index >= 15 is 0 Å². The van der Waals surface area contributed by atoms with Gasteiger partial charge in [-0.25, -0.2) is 0 Å². The SMILES string of the molecule is Cc1nn(CC(C)C)c(C)c1CC(=O)NCC(c1ccccc1)N(C)C. The van der Waals surface area contributed by atoms with Gasteiger partial charge in [0.25, 0.3) is 0 Å². The number of hydrogen-bond donors (Lipinski definition) is 1. The molecule has 1 aromatic heterocycles. The first kappa shape index (κ1) is 20.2. The van der Waals surface area contributed by atoms with Crippen LogP contribution in [0.2, 0.25) is 0 Å². The molecule has 2 aromatic rings. The molecule has 0 aliphatic carbocycles. The number of carbonyl (C=O) groups is 1. The molecular formula is C21H32N4O. The van der Waals surface area contributed by atoms with Crippen LogP contribution in [-0.4, -0.2) is 41.2 Å². The van der Waals surface area contributed by atoms with E-state index in [9.17, 15) is 4.79 Å². The van der Waals surface area contributed by atoms with Crippen molar-refractivity contribution >= 4 is 5.91 Å². The summed E-state index contributed by atoms with van der Waals surface area (Å²) in [4.78, 5) is 14.7. The second kappa shape index (κ2) is 8.99. The molecule has 1 atom stereocenters. The standard InChI is InChI=1S/C21H32N4O/c1-15(2)14-25-17(4)19(16(3)23-25)12-21(26)22-13-20(24(5)6)18-10-8-7-9-11-18/h7-11,15,20H,12-14H2,1-6H3,(H,22,26). The molecule has 2 rings (SSSR count). The van der Waals surface area contributed by atoms with Crippen LogP contribution in [0.3, 0.4) is 0 Å². The number of amides is 1. The third-order valence-corrected chi connectivity index (χ3v) is 4.71. The van der Waals surface area contributed by atoms with Crippen molar-refractivity contribution in [3.63, 3.8) is 0 Å². The van der Waals surface area contributed by atoms with Gasteiger partial charge in [-0.1, -0.05) is 44.2 Å². The zero-order valence-corrected chi connectivity index (χ0v) is 16.9. The molecule has 142 valence electrons. The van der Waals surface area contributed by atoms with Gasteiger partial charge in [0.15, 0.2) is 0 Å².